The van der Waals surface area contributed by atoms with Crippen LogP contribution in [0.2, 0.25) is 11.8 Å². The fourth-order valence-corrected chi connectivity index (χ4v) is 11.7. The second-order valence-electron chi connectivity index (χ2n) is 23.4. The number of allylic oxidation sites excluding steroid dienone is 6. The molecule has 2 unspecified atom stereocenters. The molecule has 0 spiro atoms. The van der Waals surface area contributed by atoms with Gasteiger partial charge in [-0.1, -0.05) is 287 Å². The number of benzene rings is 2. The molecule has 1 heterocycles. The van der Waals surface area contributed by atoms with E-state index in [-0.39, 0.29) is 0 Å². The van der Waals surface area contributed by atoms with Crippen LogP contribution in [0.3, 0.4) is 0 Å². The summed E-state index contributed by atoms with van der Waals surface area (Å²) in [6.45, 7) is 18.7. The van der Waals surface area contributed by atoms with Gasteiger partial charge < -0.3 is 5.53 Å². The van der Waals surface area contributed by atoms with Gasteiger partial charge in [0.25, 0.3) is 0 Å². The Morgan fingerprint density at radius 3 is 1.22 bits per heavy atom. The molecule has 3 rings (SSSR count). The van der Waals surface area contributed by atoms with Crippen LogP contribution >= 0.6 is 0 Å². The molecule has 2 aromatic rings. The molecule has 78 heavy (non-hydrogen) atoms. The van der Waals surface area contributed by atoms with E-state index in [9.17, 15) is 5.53 Å². The predicted molar refractivity (Wildman–Crippen MR) is 346 cm³/mol. The maximum atomic E-state index is 13.0. The molecule has 2 aromatic carbocycles. The van der Waals surface area contributed by atoms with E-state index >= 15 is 0 Å². The molecule has 0 bridgehead atoms. The second kappa shape index (κ2) is 48.7. The van der Waals surface area contributed by atoms with E-state index in [1.54, 1.807) is 30.3 Å². The molecular formula is C75H124N2Ni. The van der Waals surface area contributed by atoms with E-state index < -0.39 is 0 Å². The maximum absolute atomic E-state index is 13.0. The summed E-state index contributed by atoms with van der Waals surface area (Å²) in [7, 11) is 0. The van der Waals surface area contributed by atoms with Crippen molar-refractivity contribution in [3.63, 3.8) is 0 Å². The van der Waals surface area contributed by atoms with E-state index in [0.29, 0.717) is 11.8 Å². The summed E-state index contributed by atoms with van der Waals surface area (Å²) in [6, 6.07) is 18.0. The van der Waals surface area contributed by atoms with Crippen molar-refractivity contribution in [1.82, 2.24) is 0 Å². The van der Waals surface area contributed by atoms with E-state index in [1.807, 2.05) is 0 Å². The van der Waals surface area contributed by atoms with Gasteiger partial charge in [0, 0.05) is 17.6 Å². The molecule has 444 valence electrons. The molecule has 0 amide bonds. The Morgan fingerprint density at radius 2 is 0.821 bits per heavy atom. The Labute approximate surface area is 492 Å². The number of hydrogen-bond acceptors (Lipinski definition) is 0. The van der Waals surface area contributed by atoms with Crippen LogP contribution in [0.4, 0.5) is 0 Å². The van der Waals surface area contributed by atoms with Gasteiger partial charge in [-0.3, -0.25) is 0 Å². The zero-order valence-corrected chi connectivity index (χ0v) is 54.1. The van der Waals surface area contributed by atoms with Gasteiger partial charge in [0.1, 0.15) is 5.57 Å². The normalized spacial score (nSPS) is 13.8. The van der Waals surface area contributed by atoms with Crippen molar-refractivity contribution in [3.8, 4) is 11.8 Å². The fraction of sp³-hybridized carbons (Fsp3) is 0.707. The number of hydrogen-bond donors (Lipinski definition) is 0. The Morgan fingerprint density at radius 1 is 0.462 bits per heavy atom. The molecule has 0 N–H and O–H groups in total. The molecule has 0 aromatic heterocycles. The van der Waals surface area contributed by atoms with E-state index in [1.165, 1.54) is 208 Å². The van der Waals surface area contributed by atoms with E-state index in [2.05, 4.69) is 140 Å². The molecule has 0 radical (unpaired) electrons. The van der Waals surface area contributed by atoms with E-state index in [4.69, 9.17) is 0 Å². The van der Waals surface area contributed by atoms with Crippen LogP contribution in [0.5, 0.6) is 0 Å². The van der Waals surface area contributed by atoms with Crippen molar-refractivity contribution in [3.05, 3.63) is 111 Å². The molecule has 0 saturated carbocycles. The van der Waals surface area contributed by atoms with Crippen molar-refractivity contribution in [2.24, 2.45) is 11.8 Å². The van der Waals surface area contributed by atoms with Crippen molar-refractivity contribution in [2.45, 2.75) is 330 Å². The topological polar surface area (TPSA) is 25.3 Å². The van der Waals surface area contributed by atoms with Gasteiger partial charge in [0.05, 0.1) is 5.56 Å². The molecule has 3 heteroatoms. The van der Waals surface area contributed by atoms with Crippen molar-refractivity contribution >= 4 is 11.4 Å². The quantitative estimate of drug-likeness (QED) is 0.0208. The number of aryl methyl sites for hydroxylation is 2. The third-order valence-electron chi connectivity index (χ3n) is 16.9. The molecule has 2 nitrogen and oxygen atoms in total. The first-order chi connectivity index (χ1) is 38.3. The Balaban J connectivity index is 0.00000677. The van der Waals surface area contributed by atoms with Gasteiger partial charge in [0.15, 0.2) is 0 Å². The van der Waals surface area contributed by atoms with Crippen LogP contribution in [-0.4, -0.2) is 4.70 Å². The minimum absolute atomic E-state index is 0.552. The first-order valence-corrected chi connectivity index (χ1v) is 35.5. The van der Waals surface area contributed by atoms with Crippen molar-refractivity contribution in [2.75, 3.05) is 0 Å². The molecule has 0 saturated heterocycles. The van der Waals surface area contributed by atoms with Crippen LogP contribution < -0.4 is 0 Å². The van der Waals surface area contributed by atoms with Crippen LogP contribution in [0, 0.1) is 23.7 Å². The Bertz CT molecular complexity index is 2020. The van der Waals surface area contributed by atoms with Crippen LogP contribution in [-0.2, 0) is 27.3 Å². The Kier molecular flexibility index (Phi) is 44.5. The summed E-state index contributed by atoms with van der Waals surface area (Å²) in [5, 5.41) is 0. The second-order valence-corrected chi connectivity index (χ2v) is 24.4. The first-order valence-electron chi connectivity index (χ1n) is 33.5. The average Bonchev–Trinajstić information content (AvgIpc) is 3.75. The minimum atomic E-state index is 0.552. The summed E-state index contributed by atoms with van der Waals surface area (Å²) in [5.74, 6) is 12.7. The monoisotopic (exact) mass is 1110 g/mol. The van der Waals surface area contributed by atoms with Gasteiger partial charge in [0.2, 0.25) is 11.4 Å². The molecular weight excluding hydrogens is 988 g/mol. The molecule has 1 aliphatic heterocycles. The fourth-order valence-electron chi connectivity index (χ4n) is 11.7. The number of nitrogens with zero attached hydrogens (tertiary/aromatic N) is 2. The summed E-state index contributed by atoms with van der Waals surface area (Å²) in [6.07, 6.45) is 57.5. The molecule has 1 aliphatic rings. The van der Waals surface area contributed by atoms with Crippen LogP contribution in [0.15, 0.2) is 83.0 Å². The van der Waals surface area contributed by atoms with Gasteiger partial charge in [-0.25, -0.2) is 4.70 Å². The van der Waals surface area contributed by atoms with Gasteiger partial charge in [-0.2, -0.15) is 0 Å². The average molecular weight is 1110 g/mol. The van der Waals surface area contributed by atoms with Crippen molar-refractivity contribution < 1.29 is 19.1 Å². The predicted octanol–water partition coefficient (Wildman–Crippen LogP) is 25.6. The number of rotatable bonds is 46. The summed E-state index contributed by atoms with van der Waals surface area (Å²) in [4.78, 5) is 0. The van der Waals surface area contributed by atoms with Gasteiger partial charge >= 0.3 is 26.2 Å². The standard InChI is InChI=1S/C73H118N2.2CH3.Ni/c1-9-17-21-25-27-29-31-33-35-38-40-48-62(13-5)60-64(15-7)56-58-66-50-44-46-52-68(66)72-70(54-42-24-20-12-4)71(55-43-37-23-19-11-3)73(75(72)74)69-53-47-45-51-67(69)59-57-65(16-8)61-63(14-6)49-41-39-36-34-32-30-28-26-22-18-10-2;;;/h44-47,50-53,60-61,64-65H,9-42,48-49,54,56-59H2,1-8H3;2*1H3;. The Hall–Kier alpha value is -2.95. The third kappa shape index (κ3) is 30.2. The van der Waals surface area contributed by atoms with E-state index in [0.717, 1.165) is 99.6 Å². The number of unbranched alkanes of at least 4 members (excludes halogenated alkanes) is 26. The molecule has 2 atom stereocenters. The zero-order valence-electron chi connectivity index (χ0n) is 53.1. The van der Waals surface area contributed by atoms with Crippen LogP contribution in [0.25, 0.3) is 16.9 Å². The molecule has 0 aliphatic carbocycles. The first kappa shape index (κ1) is 71.2. The zero-order chi connectivity index (χ0) is 56.7. The SMILES string of the molecule is CCCCCC#CC1=C(c2ccccc2CCC(C=C(CC)CCCCCCCCCCCCC)CC)[N+](=[N-])C(c2ccccc2CCC(C=C(CC)CCCCCCCCCCCCC)CC)=C1CCCCCC.[CH3][Ni][CH3]. The van der Waals surface area contributed by atoms with Gasteiger partial charge in [-0.15, -0.1) is 0 Å². The summed E-state index contributed by atoms with van der Waals surface area (Å²) in [5.41, 5.74) is 25.4. The summed E-state index contributed by atoms with van der Waals surface area (Å²) >= 11 is 1.62. The van der Waals surface area contributed by atoms with Gasteiger partial charge in [-0.05, 0) is 131 Å². The molecule has 0 fully saturated rings. The third-order valence-corrected chi connectivity index (χ3v) is 16.9. The summed E-state index contributed by atoms with van der Waals surface area (Å²) < 4.78 is 1.61. The van der Waals surface area contributed by atoms with Crippen molar-refractivity contribution in [1.29, 1.82) is 0 Å². The van der Waals surface area contributed by atoms with Crippen LogP contribution in [0.1, 0.15) is 328 Å².